The summed E-state index contributed by atoms with van der Waals surface area (Å²) < 4.78 is 2.48. The molecule has 1 nitrogen and oxygen atoms in total. The second-order valence-electron chi connectivity index (χ2n) is 8.25. The van der Waals surface area contributed by atoms with Crippen LogP contribution in [-0.4, -0.2) is 75.2 Å². The van der Waals surface area contributed by atoms with Gasteiger partial charge in [0.2, 0.25) is 0 Å². The minimum absolute atomic E-state index is 1.22. The zero-order valence-electron chi connectivity index (χ0n) is 18.7. The van der Waals surface area contributed by atoms with E-state index in [1.165, 1.54) is 77.0 Å². The second-order valence-corrected chi connectivity index (χ2v) is 8.25. The van der Waals surface area contributed by atoms with Crippen LogP contribution in [0.15, 0.2) is 6.58 Å². The molecule has 0 amide bonds. The van der Waals surface area contributed by atoms with E-state index in [-0.39, 0.29) is 0 Å². The third-order valence-electron chi connectivity index (χ3n) is 7.26. The van der Waals surface area contributed by atoms with Gasteiger partial charge in [-0.3, -0.25) is 0 Å². The summed E-state index contributed by atoms with van der Waals surface area (Å²) in [5.74, 6) is 0. The molecule has 3 rings (SSSR count). The van der Waals surface area contributed by atoms with Gasteiger partial charge >= 0.3 is 0 Å². The van der Waals surface area contributed by atoms with Gasteiger partial charge in [-0.1, -0.05) is 44.8 Å². The number of nitrogens with zero attached hydrogens (tertiary/aromatic N) is 1. The first kappa shape index (κ1) is 20.0. The predicted molar refractivity (Wildman–Crippen MR) is 152 cm³/mol. The third kappa shape index (κ3) is 2.59. The monoisotopic (exact) mass is 341 g/mol. The normalized spacial score (nSPS) is 11.1. The van der Waals surface area contributed by atoms with Crippen molar-refractivity contribution in [1.29, 1.82) is 0 Å². The van der Waals surface area contributed by atoms with Gasteiger partial charge in [0.25, 0.3) is 0 Å². The Bertz CT molecular complexity index is 1120. The molecule has 124 valence electrons. The molecule has 0 fully saturated rings. The molecule has 0 spiro atoms. The van der Waals surface area contributed by atoms with E-state index in [0.29, 0.717) is 0 Å². The van der Waals surface area contributed by atoms with E-state index in [9.17, 15) is 0 Å². The van der Waals surface area contributed by atoms with Crippen molar-refractivity contribution in [1.82, 2.24) is 4.57 Å². The summed E-state index contributed by atoms with van der Waals surface area (Å²) in [4.78, 5) is 0. The molecule has 2 aromatic carbocycles. The average Bonchev–Trinajstić information content (AvgIpc) is 2.93. The van der Waals surface area contributed by atoms with Gasteiger partial charge in [-0.25, -0.2) is 0 Å². The Hall–Kier alpha value is -1.70. The van der Waals surface area contributed by atoms with E-state index in [0.717, 1.165) is 0 Å². The van der Waals surface area contributed by atoms with E-state index in [2.05, 4.69) is 88.7 Å². The first-order chi connectivity index (χ1) is 12.6. The summed E-state index contributed by atoms with van der Waals surface area (Å²) in [6.45, 7) is 6.42. The molecular formula is C17H24B9N. The summed E-state index contributed by atoms with van der Waals surface area (Å²) in [6.07, 6.45) is 2.03. The van der Waals surface area contributed by atoms with Crippen LogP contribution in [-0.2, 0) is 0 Å². The molecule has 0 N–H and O–H groups in total. The van der Waals surface area contributed by atoms with Crippen LogP contribution in [0.3, 0.4) is 0 Å². The van der Waals surface area contributed by atoms with Gasteiger partial charge in [0, 0.05) is 16.9 Å². The van der Waals surface area contributed by atoms with Gasteiger partial charge in [-0.15, -0.1) is 10.9 Å². The van der Waals surface area contributed by atoms with Crippen molar-refractivity contribution in [2.45, 2.75) is 6.92 Å². The average molecular weight is 340 g/mol. The fraction of sp³-hybridized carbons (Fsp3) is 0.0588. The zero-order chi connectivity index (χ0) is 20.4. The van der Waals surface area contributed by atoms with E-state index in [4.69, 9.17) is 0 Å². The van der Waals surface area contributed by atoms with Crippen LogP contribution in [0.4, 0.5) is 0 Å². The third-order valence-corrected chi connectivity index (χ3v) is 7.26. The molecule has 3 aromatic rings. The number of fused-ring (bicyclic) bond motifs is 1. The Morgan fingerprint density at radius 3 is 1.52 bits per heavy atom. The highest BCUT2D eigenvalue weighted by atomic mass is 15.0. The summed E-state index contributed by atoms with van der Waals surface area (Å²) in [7, 11) is 20.3. The van der Waals surface area contributed by atoms with Crippen LogP contribution in [0.5, 0.6) is 0 Å². The number of rotatable bonds is 2. The molecule has 0 unspecified atom stereocenters. The predicted octanol–water partition coefficient (Wildman–Crippen LogP) is -11.1. The lowest BCUT2D eigenvalue weighted by Gasteiger charge is -2.24. The van der Waals surface area contributed by atoms with E-state index in [1.54, 1.807) is 0 Å². The minimum atomic E-state index is 1.22. The first-order valence-corrected chi connectivity index (χ1v) is 9.87. The van der Waals surface area contributed by atoms with E-state index in [1.807, 2.05) is 6.08 Å². The number of hydrogen-bond donors (Lipinski definition) is 0. The van der Waals surface area contributed by atoms with E-state index >= 15 is 0 Å². The van der Waals surface area contributed by atoms with Gasteiger partial charge in [0.1, 0.15) is 70.6 Å². The molecule has 27 heavy (non-hydrogen) atoms. The molecule has 0 aliphatic carbocycles. The lowest BCUT2D eigenvalue weighted by atomic mass is 9.61. The maximum atomic E-state index is 4.18. The fourth-order valence-electron chi connectivity index (χ4n) is 4.74. The highest BCUT2D eigenvalue weighted by Crippen LogP contribution is 2.25. The molecule has 10 heteroatoms. The van der Waals surface area contributed by atoms with Crippen molar-refractivity contribution >= 4 is 137 Å². The molecule has 0 radical (unpaired) electrons. The maximum absolute atomic E-state index is 4.18. The fourth-order valence-corrected chi connectivity index (χ4v) is 4.74. The minimum Gasteiger partial charge on any atom is -0.311 e. The van der Waals surface area contributed by atoms with Crippen LogP contribution in [0.1, 0.15) is 11.3 Å². The van der Waals surface area contributed by atoms with Crippen molar-refractivity contribution < 1.29 is 0 Å². The van der Waals surface area contributed by atoms with Crippen LogP contribution in [0, 0.1) is 6.92 Å². The number of hydrogen-bond acceptors (Lipinski definition) is 0. The topological polar surface area (TPSA) is 4.93 Å². The molecule has 0 saturated heterocycles. The van der Waals surface area contributed by atoms with Crippen LogP contribution in [0.2, 0.25) is 0 Å². The molecular weight excluding hydrogens is 316 g/mol. The highest BCUT2D eigenvalue weighted by molar-refractivity contribution is 6.69. The first-order valence-electron chi connectivity index (χ1n) is 9.87. The van der Waals surface area contributed by atoms with Gasteiger partial charge < -0.3 is 4.57 Å². The summed E-state index contributed by atoms with van der Waals surface area (Å²) in [5, 5.41) is 1.39. The number of aromatic nitrogens is 1. The molecule has 0 aliphatic heterocycles. The van der Waals surface area contributed by atoms with Crippen molar-refractivity contribution in [2.75, 3.05) is 0 Å². The summed E-state index contributed by atoms with van der Waals surface area (Å²) in [5.41, 5.74) is 17.7. The molecule has 1 aromatic heterocycles. The smallest absolute Gasteiger partial charge is 0.141 e. The van der Waals surface area contributed by atoms with Gasteiger partial charge in [0.05, 0.1) is 0 Å². The van der Waals surface area contributed by atoms with Crippen LogP contribution in [0.25, 0.3) is 22.7 Å². The molecule has 1 heterocycles. The Kier molecular flexibility index (Phi) is 4.99. The summed E-state index contributed by atoms with van der Waals surface area (Å²) in [6, 6.07) is 0. The van der Waals surface area contributed by atoms with Crippen molar-refractivity contribution in [3.8, 4) is 5.69 Å². The maximum Gasteiger partial charge on any atom is 0.141 e. The van der Waals surface area contributed by atoms with E-state index < -0.39 is 0 Å². The lowest BCUT2D eigenvalue weighted by molar-refractivity contribution is 1.12. The molecule has 0 aliphatic rings. The Morgan fingerprint density at radius 1 is 0.630 bits per heavy atom. The standard InChI is InChI=1S/C17H24B9N/c1-3-5-4(2)6-7(18)8(19)10(21)13(24)16(6)27(5)17-14(25)11(22)9(20)12(23)15(17)26/h3H,1,18-26H2,2H3. The number of benzene rings is 2. The molecule has 0 saturated carbocycles. The Labute approximate surface area is 171 Å². The van der Waals surface area contributed by atoms with Crippen molar-refractivity contribution in [2.24, 2.45) is 0 Å². The SMILES string of the molecule is Bc1c(B)c(B)c(-n2c(C=C)c(C)c3c(B)c(B)c(B)c(B)c32)c(B)c1B. The zero-order valence-corrected chi connectivity index (χ0v) is 18.7. The highest BCUT2D eigenvalue weighted by Gasteiger charge is 2.22. The largest absolute Gasteiger partial charge is 0.311 e. The van der Waals surface area contributed by atoms with Gasteiger partial charge in [-0.05, 0) is 23.9 Å². The van der Waals surface area contributed by atoms with Crippen LogP contribution < -0.4 is 49.2 Å². The Morgan fingerprint density at radius 2 is 1.04 bits per heavy atom. The van der Waals surface area contributed by atoms with Gasteiger partial charge in [0.15, 0.2) is 0 Å². The lowest BCUT2D eigenvalue weighted by Crippen LogP contribution is -2.56. The van der Waals surface area contributed by atoms with Crippen molar-refractivity contribution in [3.63, 3.8) is 0 Å². The Balaban J connectivity index is 2.69. The molecule has 0 bridgehead atoms. The van der Waals surface area contributed by atoms with Crippen LogP contribution >= 0.6 is 0 Å². The summed E-state index contributed by atoms with van der Waals surface area (Å²) >= 11 is 0. The number of aryl methyl sites for hydroxylation is 1. The second kappa shape index (κ2) is 6.72. The quantitative estimate of drug-likeness (QED) is 0.409. The van der Waals surface area contributed by atoms with Gasteiger partial charge in [-0.2, -0.15) is 0 Å². The van der Waals surface area contributed by atoms with Crippen molar-refractivity contribution in [3.05, 3.63) is 17.8 Å². The molecule has 0 atom stereocenters.